The predicted octanol–water partition coefficient (Wildman–Crippen LogP) is 0.363. The summed E-state index contributed by atoms with van der Waals surface area (Å²) >= 11 is 0. The number of hydrogen-bond donors (Lipinski definition) is 1. The fourth-order valence-corrected chi connectivity index (χ4v) is 1.87. The van der Waals surface area contributed by atoms with Gasteiger partial charge in [0, 0.05) is 26.2 Å². The molecule has 3 heteroatoms. The summed E-state index contributed by atoms with van der Waals surface area (Å²) in [7, 11) is 0. The molecule has 0 aromatic heterocycles. The molecule has 2 N–H and O–H groups in total. The van der Waals surface area contributed by atoms with Gasteiger partial charge in [-0.15, -0.1) is 0 Å². The zero-order chi connectivity index (χ0) is 9.52. The van der Waals surface area contributed by atoms with Crippen LogP contribution in [0.1, 0.15) is 19.8 Å². The molecule has 0 aliphatic carbocycles. The van der Waals surface area contributed by atoms with Crippen LogP contribution in [0.15, 0.2) is 0 Å². The van der Waals surface area contributed by atoms with Gasteiger partial charge in [-0.25, -0.2) is 0 Å². The van der Waals surface area contributed by atoms with Gasteiger partial charge >= 0.3 is 0 Å². The average molecular weight is 185 g/mol. The van der Waals surface area contributed by atoms with Gasteiger partial charge < -0.3 is 15.5 Å². The van der Waals surface area contributed by atoms with Crippen LogP contribution in [0, 0.1) is 0 Å². The van der Waals surface area contributed by atoms with E-state index in [9.17, 15) is 0 Å². The van der Waals surface area contributed by atoms with Crippen LogP contribution in [-0.2, 0) is 0 Å². The first-order valence-corrected chi connectivity index (χ1v) is 5.51. The summed E-state index contributed by atoms with van der Waals surface area (Å²) in [5.41, 5.74) is 5.48. The molecule has 0 radical (unpaired) electrons. The maximum Gasteiger partial charge on any atom is 0.0110 e. The number of rotatable bonds is 5. The SMILES string of the molecule is CCCN1CCN(CCCN)CC1. The Kier molecular flexibility index (Phi) is 5.35. The summed E-state index contributed by atoms with van der Waals surface area (Å²) in [5, 5.41) is 0. The molecule has 3 nitrogen and oxygen atoms in total. The van der Waals surface area contributed by atoms with Gasteiger partial charge in [0.25, 0.3) is 0 Å². The van der Waals surface area contributed by atoms with Gasteiger partial charge in [0.1, 0.15) is 0 Å². The molecule has 1 heterocycles. The molecule has 13 heavy (non-hydrogen) atoms. The second kappa shape index (κ2) is 6.35. The Morgan fingerprint density at radius 3 is 2.00 bits per heavy atom. The lowest BCUT2D eigenvalue weighted by atomic mass is 10.3. The van der Waals surface area contributed by atoms with Gasteiger partial charge in [0.05, 0.1) is 0 Å². The Morgan fingerprint density at radius 2 is 1.54 bits per heavy atom. The van der Waals surface area contributed by atoms with E-state index in [-0.39, 0.29) is 0 Å². The van der Waals surface area contributed by atoms with Crippen LogP contribution < -0.4 is 5.73 Å². The quantitative estimate of drug-likeness (QED) is 0.671. The molecular weight excluding hydrogens is 162 g/mol. The van der Waals surface area contributed by atoms with E-state index in [2.05, 4.69) is 16.7 Å². The van der Waals surface area contributed by atoms with E-state index in [0.717, 1.165) is 13.0 Å². The topological polar surface area (TPSA) is 32.5 Å². The normalized spacial score (nSPS) is 20.8. The van der Waals surface area contributed by atoms with Crippen molar-refractivity contribution in [3.63, 3.8) is 0 Å². The van der Waals surface area contributed by atoms with E-state index in [0.29, 0.717) is 0 Å². The van der Waals surface area contributed by atoms with Crippen LogP contribution in [0.5, 0.6) is 0 Å². The second-order valence-electron chi connectivity index (χ2n) is 3.83. The van der Waals surface area contributed by atoms with Gasteiger partial charge in [-0.05, 0) is 32.5 Å². The maximum atomic E-state index is 5.48. The third-order valence-electron chi connectivity index (χ3n) is 2.68. The number of nitrogens with zero attached hydrogens (tertiary/aromatic N) is 2. The van der Waals surface area contributed by atoms with Gasteiger partial charge in [0.15, 0.2) is 0 Å². The highest BCUT2D eigenvalue weighted by atomic mass is 15.3. The third-order valence-corrected chi connectivity index (χ3v) is 2.68. The van der Waals surface area contributed by atoms with Crippen molar-refractivity contribution >= 4 is 0 Å². The molecule has 1 aliphatic rings. The summed E-state index contributed by atoms with van der Waals surface area (Å²) in [6, 6.07) is 0. The predicted molar refractivity (Wildman–Crippen MR) is 56.8 cm³/mol. The lowest BCUT2D eigenvalue weighted by molar-refractivity contribution is 0.132. The van der Waals surface area contributed by atoms with Crippen LogP contribution in [0.25, 0.3) is 0 Å². The maximum absolute atomic E-state index is 5.48. The highest BCUT2D eigenvalue weighted by Gasteiger charge is 2.14. The van der Waals surface area contributed by atoms with Crippen molar-refractivity contribution in [3.8, 4) is 0 Å². The van der Waals surface area contributed by atoms with Gasteiger partial charge in [-0.1, -0.05) is 6.92 Å². The smallest absolute Gasteiger partial charge is 0.0110 e. The van der Waals surface area contributed by atoms with Crippen LogP contribution in [-0.4, -0.2) is 55.6 Å². The number of piperazine rings is 1. The zero-order valence-corrected chi connectivity index (χ0v) is 8.84. The summed E-state index contributed by atoms with van der Waals surface area (Å²) in [5.74, 6) is 0. The van der Waals surface area contributed by atoms with Gasteiger partial charge in [-0.2, -0.15) is 0 Å². The summed E-state index contributed by atoms with van der Waals surface area (Å²) in [4.78, 5) is 5.08. The van der Waals surface area contributed by atoms with Crippen LogP contribution in [0.3, 0.4) is 0 Å². The molecule has 78 valence electrons. The molecule has 1 saturated heterocycles. The minimum absolute atomic E-state index is 0.829. The van der Waals surface area contributed by atoms with Crippen molar-refractivity contribution < 1.29 is 0 Å². The first-order chi connectivity index (χ1) is 6.36. The Morgan fingerprint density at radius 1 is 1.00 bits per heavy atom. The molecule has 0 spiro atoms. The van der Waals surface area contributed by atoms with Crippen molar-refractivity contribution in [3.05, 3.63) is 0 Å². The standard InChI is InChI=1S/C10H23N3/c1-2-5-12-7-9-13(10-8-12)6-3-4-11/h2-11H2,1H3. The van der Waals surface area contributed by atoms with Gasteiger partial charge in [-0.3, -0.25) is 0 Å². The van der Waals surface area contributed by atoms with Crippen molar-refractivity contribution in [1.82, 2.24) is 9.80 Å². The Hall–Kier alpha value is -0.120. The van der Waals surface area contributed by atoms with E-state index in [1.165, 1.54) is 45.7 Å². The minimum Gasteiger partial charge on any atom is -0.330 e. The highest BCUT2D eigenvalue weighted by molar-refractivity contribution is 4.71. The molecule has 0 unspecified atom stereocenters. The lowest BCUT2D eigenvalue weighted by Crippen LogP contribution is -2.46. The Labute approximate surface area is 81.9 Å². The third kappa shape index (κ3) is 4.07. The molecule has 0 aromatic carbocycles. The van der Waals surface area contributed by atoms with Crippen LogP contribution >= 0.6 is 0 Å². The summed E-state index contributed by atoms with van der Waals surface area (Å²) in [6.45, 7) is 10.5. The Balaban J connectivity index is 2.08. The highest BCUT2D eigenvalue weighted by Crippen LogP contribution is 2.02. The first-order valence-electron chi connectivity index (χ1n) is 5.51. The average Bonchev–Trinajstić information content (AvgIpc) is 2.17. The molecule has 0 saturated carbocycles. The largest absolute Gasteiger partial charge is 0.330 e. The van der Waals surface area contributed by atoms with Crippen LogP contribution in [0.4, 0.5) is 0 Å². The molecule has 0 bridgehead atoms. The van der Waals surface area contributed by atoms with Crippen molar-refractivity contribution in [2.24, 2.45) is 5.73 Å². The lowest BCUT2D eigenvalue weighted by Gasteiger charge is -2.34. The zero-order valence-electron chi connectivity index (χ0n) is 8.84. The van der Waals surface area contributed by atoms with E-state index in [1.54, 1.807) is 0 Å². The fraction of sp³-hybridized carbons (Fsp3) is 1.00. The van der Waals surface area contributed by atoms with Crippen LogP contribution in [0.2, 0.25) is 0 Å². The molecule has 0 aromatic rings. The second-order valence-corrected chi connectivity index (χ2v) is 3.83. The van der Waals surface area contributed by atoms with Crippen molar-refractivity contribution in [1.29, 1.82) is 0 Å². The molecule has 0 atom stereocenters. The van der Waals surface area contributed by atoms with Gasteiger partial charge in [0.2, 0.25) is 0 Å². The molecule has 1 aliphatic heterocycles. The molecule has 1 rings (SSSR count). The van der Waals surface area contributed by atoms with Crippen molar-refractivity contribution in [2.75, 3.05) is 45.8 Å². The molecule has 1 fully saturated rings. The van der Waals surface area contributed by atoms with E-state index >= 15 is 0 Å². The van der Waals surface area contributed by atoms with E-state index in [1.807, 2.05) is 0 Å². The Bertz CT molecular complexity index is 119. The fourth-order valence-electron chi connectivity index (χ4n) is 1.87. The van der Waals surface area contributed by atoms with E-state index < -0.39 is 0 Å². The molecule has 0 amide bonds. The monoisotopic (exact) mass is 185 g/mol. The molecular formula is C10H23N3. The minimum atomic E-state index is 0.829. The number of nitrogens with two attached hydrogens (primary N) is 1. The summed E-state index contributed by atoms with van der Waals surface area (Å²) in [6.07, 6.45) is 2.43. The first kappa shape index (κ1) is 11.0. The number of hydrogen-bond acceptors (Lipinski definition) is 3. The van der Waals surface area contributed by atoms with Crippen molar-refractivity contribution in [2.45, 2.75) is 19.8 Å². The van der Waals surface area contributed by atoms with E-state index in [4.69, 9.17) is 5.73 Å². The summed E-state index contributed by atoms with van der Waals surface area (Å²) < 4.78 is 0.